The van der Waals surface area contributed by atoms with Gasteiger partial charge in [-0.15, -0.1) is 0 Å². The molecule has 2 N–H and O–H groups in total. The van der Waals surface area contributed by atoms with Crippen molar-refractivity contribution in [1.29, 1.82) is 0 Å². The Hall–Kier alpha value is -3.25. The third-order valence-corrected chi connectivity index (χ3v) is 6.94. The van der Waals surface area contributed by atoms with E-state index in [1.54, 1.807) is 6.07 Å². The lowest BCUT2D eigenvalue weighted by Gasteiger charge is -2.28. The summed E-state index contributed by atoms with van der Waals surface area (Å²) in [6.45, 7) is 8.09. The summed E-state index contributed by atoms with van der Waals surface area (Å²) in [7, 11) is 1.99. The average Bonchev–Trinajstić information content (AvgIpc) is 3.03. The molecule has 1 atom stereocenters. The lowest BCUT2D eigenvalue weighted by Crippen LogP contribution is -2.37. The van der Waals surface area contributed by atoms with Gasteiger partial charge in [-0.05, 0) is 86.7 Å². The molecule has 1 aliphatic rings. The second-order valence-electron chi connectivity index (χ2n) is 9.70. The number of benzene rings is 3. The van der Waals surface area contributed by atoms with E-state index in [1.807, 2.05) is 19.2 Å². The summed E-state index contributed by atoms with van der Waals surface area (Å²) in [6.07, 6.45) is 2.76. The molecule has 1 heterocycles. The highest BCUT2D eigenvalue weighted by Crippen LogP contribution is 2.36. The van der Waals surface area contributed by atoms with Gasteiger partial charge in [0.05, 0.1) is 11.4 Å². The number of fused-ring (bicyclic) bond motifs is 2. The van der Waals surface area contributed by atoms with E-state index in [1.165, 1.54) is 29.8 Å². The average molecular weight is 491 g/mol. The molecule has 0 bridgehead atoms. The molecule has 4 rings (SSSR count). The minimum Gasteiger partial charge on any atom is -0.356 e. The van der Waals surface area contributed by atoms with E-state index in [4.69, 9.17) is 4.99 Å². The summed E-state index contributed by atoms with van der Waals surface area (Å²) in [5.74, 6) is 0.741. The fourth-order valence-electron chi connectivity index (χ4n) is 4.63. The highest BCUT2D eigenvalue weighted by atomic mass is 19.1. The van der Waals surface area contributed by atoms with Crippen molar-refractivity contribution < 1.29 is 8.78 Å². The van der Waals surface area contributed by atoms with Crippen molar-refractivity contribution in [3.63, 3.8) is 0 Å². The Morgan fingerprint density at radius 3 is 2.33 bits per heavy atom. The van der Waals surface area contributed by atoms with Gasteiger partial charge >= 0.3 is 0 Å². The Balaban J connectivity index is 1.58. The van der Waals surface area contributed by atoms with Crippen LogP contribution in [0, 0.1) is 11.6 Å². The molecule has 36 heavy (non-hydrogen) atoms. The van der Waals surface area contributed by atoms with Crippen LogP contribution in [0.3, 0.4) is 0 Å². The molecule has 1 aliphatic heterocycles. The molecule has 0 aromatic heterocycles. The zero-order chi connectivity index (χ0) is 25.7. The number of hydrogen-bond acceptors (Lipinski definition) is 4. The lowest BCUT2D eigenvalue weighted by molar-refractivity contribution is 0.380. The van der Waals surface area contributed by atoms with Crippen molar-refractivity contribution in [2.45, 2.75) is 52.0 Å². The van der Waals surface area contributed by atoms with Crippen molar-refractivity contribution in [1.82, 2.24) is 10.2 Å². The quantitative estimate of drug-likeness (QED) is 0.334. The topological polar surface area (TPSA) is 39.7 Å². The van der Waals surface area contributed by atoms with Gasteiger partial charge in [0.25, 0.3) is 0 Å². The van der Waals surface area contributed by atoms with E-state index in [-0.39, 0.29) is 11.6 Å². The SMILES string of the molecule is CCN(CCC(CCc1ccc(F)cc1)NC)C1=Nc2cc(F)ccc2Nc2ccc(C(C)C)cc21. The van der Waals surface area contributed by atoms with Crippen molar-refractivity contribution in [3.8, 4) is 0 Å². The van der Waals surface area contributed by atoms with Crippen molar-refractivity contribution in [2.24, 2.45) is 4.99 Å². The fraction of sp³-hybridized carbons (Fsp3) is 0.367. The Morgan fingerprint density at radius 1 is 0.917 bits per heavy atom. The highest BCUT2D eigenvalue weighted by Gasteiger charge is 2.23. The van der Waals surface area contributed by atoms with Gasteiger partial charge in [-0.3, -0.25) is 0 Å². The summed E-state index contributed by atoms with van der Waals surface area (Å²) in [5.41, 5.74) is 5.79. The van der Waals surface area contributed by atoms with Crippen LogP contribution in [0.15, 0.2) is 65.7 Å². The number of halogens is 2. The second kappa shape index (κ2) is 11.7. The normalized spacial score (nSPS) is 13.4. The van der Waals surface area contributed by atoms with Gasteiger partial charge in [-0.1, -0.05) is 32.0 Å². The van der Waals surface area contributed by atoms with Crippen LogP contribution < -0.4 is 10.6 Å². The minimum atomic E-state index is -0.299. The van der Waals surface area contributed by atoms with Gasteiger partial charge in [0.15, 0.2) is 0 Å². The first kappa shape index (κ1) is 25.8. The largest absolute Gasteiger partial charge is 0.356 e. The van der Waals surface area contributed by atoms with Gasteiger partial charge in [0.2, 0.25) is 0 Å². The van der Waals surface area contributed by atoms with Crippen molar-refractivity contribution in [2.75, 3.05) is 25.5 Å². The number of nitrogens with one attached hydrogen (secondary N) is 2. The molecular formula is C30H36F2N4. The predicted molar refractivity (Wildman–Crippen MR) is 146 cm³/mol. The molecule has 6 heteroatoms. The Labute approximate surface area is 213 Å². The van der Waals surface area contributed by atoms with Crippen LogP contribution in [-0.4, -0.2) is 36.9 Å². The Bertz CT molecular complexity index is 1200. The first-order valence-electron chi connectivity index (χ1n) is 12.8. The number of anilines is 2. The van der Waals surface area contributed by atoms with Crippen LogP contribution in [0.4, 0.5) is 25.8 Å². The molecule has 0 fully saturated rings. The van der Waals surface area contributed by atoms with Crippen LogP contribution >= 0.6 is 0 Å². The molecule has 0 aliphatic carbocycles. The molecule has 0 saturated heterocycles. The zero-order valence-electron chi connectivity index (χ0n) is 21.6. The zero-order valence-corrected chi connectivity index (χ0v) is 21.6. The number of aliphatic imine (C=N–C) groups is 1. The number of rotatable bonds is 9. The maximum absolute atomic E-state index is 14.1. The molecule has 190 valence electrons. The Morgan fingerprint density at radius 2 is 1.64 bits per heavy atom. The predicted octanol–water partition coefficient (Wildman–Crippen LogP) is 7.16. The summed E-state index contributed by atoms with van der Waals surface area (Å²) in [4.78, 5) is 7.29. The molecule has 3 aromatic carbocycles. The fourth-order valence-corrected chi connectivity index (χ4v) is 4.63. The first-order valence-corrected chi connectivity index (χ1v) is 12.8. The summed E-state index contributed by atoms with van der Waals surface area (Å²) in [5, 5.41) is 6.92. The third-order valence-electron chi connectivity index (χ3n) is 6.94. The summed E-state index contributed by atoms with van der Waals surface area (Å²) < 4.78 is 27.4. The van der Waals surface area contributed by atoms with Gasteiger partial charge in [0, 0.05) is 36.4 Å². The maximum atomic E-state index is 14.1. The van der Waals surface area contributed by atoms with E-state index >= 15 is 0 Å². The molecule has 0 spiro atoms. The van der Waals surface area contributed by atoms with Crippen LogP contribution in [0.25, 0.3) is 0 Å². The second-order valence-corrected chi connectivity index (χ2v) is 9.70. The Kier molecular flexibility index (Phi) is 8.36. The lowest BCUT2D eigenvalue weighted by atomic mass is 9.98. The number of amidine groups is 1. The smallest absolute Gasteiger partial charge is 0.138 e. The van der Waals surface area contributed by atoms with Crippen LogP contribution in [-0.2, 0) is 6.42 Å². The minimum absolute atomic E-state index is 0.205. The first-order chi connectivity index (χ1) is 17.4. The van der Waals surface area contributed by atoms with Gasteiger partial charge < -0.3 is 15.5 Å². The molecular weight excluding hydrogens is 454 g/mol. The molecule has 4 nitrogen and oxygen atoms in total. The van der Waals surface area contributed by atoms with Crippen LogP contribution in [0.1, 0.15) is 56.2 Å². The van der Waals surface area contributed by atoms with Gasteiger partial charge in [-0.25, -0.2) is 13.8 Å². The van der Waals surface area contributed by atoms with Crippen molar-refractivity contribution in [3.05, 3.63) is 89.0 Å². The molecule has 0 radical (unpaired) electrons. The number of aryl methyl sites for hydroxylation is 1. The number of hydrogen-bond donors (Lipinski definition) is 2. The van der Waals surface area contributed by atoms with Gasteiger partial charge in [-0.2, -0.15) is 0 Å². The van der Waals surface area contributed by atoms with Crippen molar-refractivity contribution >= 4 is 22.9 Å². The standard InChI is InChI=1S/C30H36F2N4/c1-5-36(17-16-25(33-4)13-8-21-6-10-23(31)11-7-21)30-26-18-22(20(2)3)9-14-27(26)34-28-15-12-24(32)19-29(28)35-30/h6-7,9-12,14-15,18-20,25,33-34H,5,8,13,16-17H2,1-4H3. The maximum Gasteiger partial charge on any atom is 0.138 e. The molecule has 0 amide bonds. The van der Waals surface area contributed by atoms with Gasteiger partial charge in [0.1, 0.15) is 17.5 Å². The molecule has 1 unspecified atom stereocenters. The van der Waals surface area contributed by atoms with Crippen LogP contribution in [0.5, 0.6) is 0 Å². The van der Waals surface area contributed by atoms with E-state index in [0.717, 1.165) is 60.7 Å². The molecule has 3 aromatic rings. The summed E-state index contributed by atoms with van der Waals surface area (Å²) >= 11 is 0. The summed E-state index contributed by atoms with van der Waals surface area (Å²) in [6, 6.07) is 18.2. The van der Waals surface area contributed by atoms with E-state index in [0.29, 0.717) is 17.6 Å². The molecule has 0 saturated carbocycles. The monoisotopic (exact) mass is 490 g/mol. The van der Waals surface area contributed by atoms with E-state index in [2.05, 4.69) is 54.5 Å². The van der Waals surface area contributed by atoms with Crippen LogP contribution in [0.2, 0.25) is 0 Å². The third kappa shape index (κ3) is 6.11. The highest BCUT2D eigenvalue weighted by molar-refractivity contribution is 6.07. The van der Waals surface area contributed by atoms with E-state index < -0.39 is 0 Å². The number of nitrogens with zero attached hydrogens (tertiary/aromatic N) is 2. The van der Waals surface area contributed by atoms with E-state index in [9.17, 15) is 8.78 Å².